The predicted molar refractivity (Wildman–Crippen MR) is 90.6 cm³/mol. The highest BCUT2D eigenvalue weighted by molar-refractivity contribution is 5.20. The predicted octanol–water partition coefficient (Wildman–Crippen LogP) is 2.75. The van der Waals surface area contributed by atoms with Crippen LogP contribution in [0.3, 0.4) is 0 Å². The summed E-state index contributed by atoms with van der Waals surface area (Å²) < 4.78 is 0. The van der Waals surface area contributed by atoms with Gasteiger partial charge in [-0.25, -0.2) is 0 Å². The number of benzene rings is 1. The van der Waals surface area contributed by atoms with E-state index in [1.165, 1.54) is 25.1 Å². The van der Waals surface area contributed by atoms with E-state index in [1.54, 1.807) is 0 Å². The van der Waals surface area contributed by atoms with E-state index in [-0.39, 0.29) is 0 Å². The van der Waals surface area contributed by atoms with Gasteiger partial charge in [0.1, 0.15) is 0 Å². The summed E-state index contributed by atoms with van der Waals surface area (Å²) in [5.41, 5.74) is 1.40. The summed E-state index contributed by atoms with van der Waals surface area (Å²) in [6.07, 6.45) is 1.26. The van der Waals surface area contributed by atoms with Crippen LogP contribution >= 0.6 is 0 Å². The zero-order valence-corrected chi connectivity index (χ0v) is 14.0. The van der Waals surface area contributed by atoms with E-state index in [1.807, 2.05) is 0 Å². The van der Waals surface area contributed by atoms with Crippen molar-refractivity contribution in [1.29, 1.82) is 0 Å². The summed E-state index contributed by atoms with van der Waals surface area (Å²) in [6, 6.07) is 12.4. The Labute approximate surface area is 130 Å². The molecule has 0 aliphatic carbocycles. The van der Waals surface area contributed by atoms with Crippen molar-refractivity contribution in [3.63, 3.8) is 0 Å². The minimum atomic E-state index is 0.405. The van der Waals surface area contributed by atoms with Crippen molar-refractivity contribution in [3.05, 3.63) is 35.9 Å². The number of hydrogen-bond donors (Lipinski definition) is 1. The molecule has 0 aromatic heterocycles. The van der Waals surface area contributed by atoms with E-state index in [0.717, 1.165) is 13.1 Å². The maximum atomic E-state index is 3.69. The van der Waals surface area contributed by atoms with E-state index < -0.39 is 0 Å². The van der Waals surface area contributed by atoms with Gasteiger partial charge in [0.05, 0.1) is 0 Å². The molecule has 0 radical (unpaired) electrons. The Morgan fingerprint density at radius 1 is 1.24 bits per heavy atom. The molecule has 1 fully saturated rings. The first-order chi connectivity index (χ1) is 10.1. The highest BCUT2D eigenvalue weighted by Crippen LogP contribution is 2.24. The third kappa shape index (κ3) is 4.29. The second kappa shape index (κ2) is 7.92. The molecule has 1 heterocycles. The van der Waals surface area contributed by atoms with Crippen molar-refractivity contribution < 1.29 is 0 Å². The van der Waals surface area contributed by atoms with Gasteiger partial charge in [-0.1, -0.05) is 37.3 Å². The lowest BCUT2D eigenvalue weighted by Crippen LogP contribution is -2.48. The molecule has 1 aliphatic rings. The van der Waals surface area contributed by atoms with Crippen LogP contribution in [0.1, 0.15) is 38.8 Å². The second-order valence-electron chi connectivity index (χ2n) is 6.39. The van der Waals surface area contributed by atoms with Gasteiger partial charge in [0, 0.05) is 31.2 Å². The van der Waals surface area contributed by atoms with Gasteiger partial charge in [-0.15, -0.1) is 0 Å². The molecule has 3 heteroatoms. The summed E-state index contributed by atoms with van der Waals surface area (Å²) in [5.74, 6) is 0. The summed E-state index contributed by atoms with van der Waals surface area (Å²) >= 11 is 0. The Morgan fingerprint density at radius 3 is 2.62 bits per heavy atom. The van der Waals surface area contributed by atoms with Crippen LogP contribution in [0.25, 0.3) is 0 Å². The van der Waals surface area contributed by atoms with Crippen molar-refractivity contribution >= 4 is 0 Å². The SMILES string of the molecule is CCNC(c1ccccc1)C(C)N1CCCN(C)CC1C. The van der Waals surface area contributed by atoms with Gasteiger partial charge < -0.3 is 10.2 Å². The van der Waals surface area contributed by atoms with Crippen LogP contribution in [0.4, 0.5) is 0 Å². The standard InChI is InChI=1S/C18H31N3/c1-5-19-18(17-10-7-6-8-11-17)16(3)21-13-9-12-20(4)14-15(21)2/h6-8,10-11,15-16,18-19H,5,9,12-14H2,1-4H3. The zero-order valence-electron chi connectivity index (χ0n) is 14.0. The van der Waals surface area contributed by atoms with Gasteiger partial charge >= 0.3 is 0 Å². The number of likely N-dealkylation sites (N-methyl/N-ethyl adjacent to an activating group) is 2. The van der Waals surface area contributed by atoms with Crippen molar-refractivity contribution in [2.24, 2.45) is 0 Å². The minimum absolute atomic E-state index is 0.405. The van der Waals surface area contributed by atoms with E-state index in [4.69, 9.17) is 0 Å². The first-order valence-electron chi connectivity index (χ1n) is 8.36. The quantitative estimate of drug-likeness (QED) is 0.899. The van der Waals surface area contributed by atoms with E-state index in [2.05, 4.69) is 73.3 Å². The molecule has 21 heavy (non-hydrogen) atoms. The van der Waals surface area contributed by atoms with Crippen molar-refractivity contribution in [2.45, 2.75) is 45.3 Å². The molecule has 1 N–H and O–H groups in total. The van der Waals surface area contributed by atoms with Crippen LogP contribution in [0, 0.1) is 0 Å². The van der Waals surface area contributed by atoms with Gasteiger partial charge in [0.2, 0.25) is 0 Å². The molecule has 1 aliphatic heterocycles. The van der Waals surface area contributed by atoms with Gasteiger partial charge in [-0.05, 0) is 46.0 Å². The summed E-state index contributed by atoms with van der Waals surface area (Å²) in [7, 11) is 2.24. The first kappa shape index (κ1) is 16.5. The van der Waals surface area contributed by atoms with Gasteiger partial charge in [-0.2, -0.15) is 0 Å². The summed E-state index contributed by atoms with van der Waals surface area (Å²) in [6.45, 7) is 11.5. The van der Waals surface area contributed by atoms with Crippen LogP contribution in [0.2, 0.25) is 0 Å². The number of hydrogen-bond acceptors (Lipinski definition) is 3. The Bertz CT molecular complexity index is 406. The van der Waals surface area contributed by atoms with Gasteiger partial charge in [0.15, 0.2) is 0 Å². The topological polar surface area (TPSA) is 18.5 Å². The normalized spacial score (nSPS) is 24.5. The molecule has 1 saturated heterocycles. The maximum absolute atomic E-state index is 3.69. The Morgan fingerprint density at radius 2 is 1.95 bits per heavy atom. The van der Waals surface area contributed by atoms with Crippen molar-refractivity contribution in [3.8, 4) is 0 Å². The lowest BCUT2D eigenvalue weighted by atomic mass is 9.98. The lowest BCUT2D eigenvalue weighted by molar-refractivity contribution is 0.124. The van der Waals surface area contributed by atoms with Crippen LogP contribution in [-0.2, 0) is 0 Å². The van der Waals surface area contributed by atoms with E-state index >= 15 is 0 Å². The zero-order chi connectivity index (χ0) is 15.2. The van der Waals surface area contributed by atoms with Crippen LogP contribution in [0.15, 0.2) is 30.3 Å². The Balaban J connectivity index is 2.15. The second-order valence-corrected chi connectivity index (χ2v) is 6.39. The molecular weight excluding hydrogens is 258 g/mol. The molecule has 3 unspecified atom stereocenters. The highest BCUT2D eigenvalue weighted by atomic mass is 15.3. The molecule has 0 saturated carbocycles. The largest absolute Gasteiger partial charge is 0.309 e. The van der Waals surface area contributed by atoms with E-state index in [0.29, 0.717) is 18.1 Å². The number of nitrogens with zero attached hydrogens (tertiary/aromatic N) is 2. The summed E-state index contributed by atoms with van der Waals surface area (Å²) in [5, 5.41) is 3.69. The molecule has 3 nitrogen and oxygen atoms in total. The fraction of sp³-hybridized carbons (Fsp3) is 0.667. The lowest BCUT2D eigenvalue weighted by Gasteiger charge is -2.38. The van der Waals surface area contributed by atoms with Crippen molar-refractivity contribution in [2.75, 3.05) is 33.2 Å². The smallest absolute Gasteiger partial charge is 0.0475 e. The Kier molecular flexibility index (Phi) is 6.22. The third-order valence-corrected chi connectivity index (χ3v) is 4.69. The molecule has 1 aromatic rings. The molecule has 1 aromatic carbocycles. The monoisotopic (exact) mass is 289 g/mol. The van der Waals surface area contributed by atoms with Gasteiger partial charge in [0.25, 0.3) is 0 Å². The minimum Gasteiger partial charge on any atom is -0.309 e. The third-order valence-electron chi connectivity index (χ3n) is 4.69. The van der Waals surface area contributed by atoms with Crippen molar-refractivity contribution in [1.82, 2.24) is 15.1 Å². The molecule has 3 atom stereocenters. The fourth-order valence-corrected chi connectivity index (χ4v) is 3.63. The molecule has 118 valence electrons. The maximum Gasteiger partial charge on any atom is 0.0475 e. The van der Waals surface area contributed by atoms with Gasteiger partial charge in [-0.3, -0.25) is 4.90 Å². The average Bonchev–Trinajstić information content (AvgIpc) is 2.65. The Hall–Kier alpha value is -0.900. The number of rotatable bonds is 5. The number of nitrogens with one attached hydrogen (secondary N) is 1. The van der Waals surface area contributed by atoms with Crippen LogP contribution < -0.4 is 5.32 Å². The highest BCUT2D eigenvalue weighted by Gasteiger charge is 2.29. The summed E-state index contributed by atoms with van der Waals surface area (Å²) in [4.78, 5) is 5.14. The molecule has 0 spiro atoms. The molecule has 0 bridgehead atoms. The molecule has 0 amide bonds. The van der Waals surface area contributed by atoms with Crippen LogP contribution in [0.5, 0.6) is 0 Å². The van der Waals surface area contributed by atoms with Crippen LogP contribution in [-0.4, -0.2) is 55.1 Å². The first-order valence-corrected chi connectivity index (χ1v) is 8.36. The molecule has 2 rings (SSSR count). The molecular formula is C18H31N3. The fourth-order valence-electron chi connectivity index (χ4n) is 3.63. The van der Waals surface area contributed by atoms with E-state index in [9.17, 15) is 0 Å². The average molecular weight is 289 g/mol.